The molecule has 0 aromatic carbocycles. The van der Waals surface area contributed by atoms with Crippen molar-refractivity contribution in [2.75, 3.05) is 19.6 Å². The number of amides is 2. The van der Waals surface area contributed by atoms with Crippen LogP contribution in [0.3, 0.4) is 0 Å². The monoisotopic (exact) mass is 225 g/mol. The minimum Gasteiger partial charge on any atom is -0.330 e. The van der Waals surface area contributed by atoms with Gasteiger partial charge in [-0.1, -0.05) is 0 Å². The summed E-state index contributed by atoms with van der Waals surface area (Å²) in [5.41, 5.74) is 5.53. The number of hydrogen-bond donors (Lipinski definition) is 2. The molecule has 2 rings (SSSR count). The predicted molar refractivity (Wildman–Crippen MR) is 59.5 cm³/mol. The van der Waals surface area contributed by atoms with Crippen molar-refractivity contribution >= 4 is 11.8 Å². The van der Waals surface area contributed by atoms with E-state index in [9.17, 15) is 9.59 Å². The summed E-state index contributed by atoms with van der Waals surface area (Å²) in [5.74, 6) is 0.433. The SMILES string of the molecule is NCCC1CCN(C2CC(=O)NC2=O)CC1. The van der Waals surface area contributed by atoms with E-state index in [4.69, 9.17) is 5.73 Å². The number of carbonyl (C=O) groups is 2. The molecule has 0 spiro atoms. The van der Waals surface area contributed by atoms with Crippen LogP contribution in [0.4, 0.5) is 0 Å². The van der Waals surface area contributed by atoms with E-state index in [1.54, 1.807) is 0 Å². The maximum atomic E-state index is 11.5. The normalized spacial score (nSPS) is 28.4. The highest BCUT2D eigenvalue weighted by molar-refractivity contribution is 6.05. The molecule has 16 heavy (non-hydrogen) atoms. The number of rotatable bonds is 3. The molecule has 1 atom stereocenters. The molecule has 3 N–H and O–H groups in total. The summed E-state index contributed by atoms with van der Waals surface area (Å²) in [4.78, 5) is 24.7. The third-order valence-corrected chi connectivity index (χ3v) is 3.61. The molecule has 0 aromatic rings. The maximum Gasteiger partial charge on any atom is 0.244 e. The van der Waals surface area contributed by atoms with E-state index < -0.39 is 0 Å². The van der Waals surface area contributed by atoms with Crippen molar-refractivity contribution in [3.63, 3.8) is 0 Å². The Morgan fingerprint density at radius 3 is 2.50 bits per heavy atom. The van der Waals surface area contributed by atoms with E-state index in [-0.39, 0.29) is 17.9 Å². The lowest BCUT2D eigenvalue weighted by Gasteiger charge is -2.34. The second-order valence-corrected chi connectivity index (χ2v) is 4.69. The van der Waals surface area contributed by atoms with Gasteiger partial charge in [-0.2, -0.15) is 0 Å². The summed E-state index contributed by atoms with van der Waals surface area (Å²) in [6, 6.07) is -0.216. The zero-order valence-corrected chi connectivity index (χ0v) is 9.45. The van der Waals surface area contributed by atoms with E-state index in [0.29, 0.717) is 12.3 Å². The van der Waals surface area contributed by atoms with Gasteiger partial charge in [-0.15, -0.1) is 0 Å². The van der Waals surface area contributed by atoms with Gasteiger partial charge >= 0.3 is 0 Å². The van der Waals surface area contributed by atoms with Crippen LogP contribution in [0.5, 0.6) is 0 Å². The molecule has 2 amide bonds. The highest BCUT2D eigenvalue weighted by Gasteiger charge is 2.36. The van der Waals surface area contributed by atoms with Crippen LogP contribution >= 0.6 is 0 Å². The fourth-order valence-electron chi connectivity index (χ4n) is 2.62. The smallest absolute Gasteiger partial charge is 0.244 e. The first-order valence-corrected chi connectivity index (χ1v) is 5.98. The van der Waals surface area contributed by atoms with Crippen molar-refractivity contribution in [3.8, 4) is 0 Å². The Labute approximate surface area is 95.3 Å². The van der Waals surface area contributed by atoms with Crippen LogP contribution in [-0.2, 0) is 9.59 Å². The van der Waals surface area contributed by atoms with Crippen LogP contribution in [0.25, 0.3) is 0 Å². The minimum atomic E-state index is -0.216. The molecule has 0 radical (unpaired) electrons. The molecule has 2 aliphatic heterocycles. The summed E-state index contributed by atoms with van der Waals surface area (Å²) in [5, 5.41) is 2.36. The summed E-state index contributed by atoms with van der Waals surface area (Å²) in [6.07, 6.45) is 3.59. The van der Waals surface area contributed by atoms with Gasteiger partial charge in [-0.3, -0.25) is 19.8 Å². The molecule has 0 saturated carbocycles. The lowest BCUT2D eigenvalue weighted by atomic mass is 9.92. The van der Waals surface area contributed by atoms with Crippen molar-refractivity contribution in [2.24, 2.45) is 11.7 Å². The Bertz CT molecular complexity index is 285. The van der Waals surface area contributed by atoms with Crippen molar-refractivity contribution in [3.05, 3.63) is 0 Å². The number of carbonyl (C=O) groups excluding carboxylic acids is 2. The molecule has 5 heteroatoms. The highest BCUT2D eigenvalue weighted by atomic mass is 16.2. The van der Waals surface area contributed by atoms with Gasteiger partial charge in [0.2, 0.25) is 11.8 Å². The number of nitrogens with two attached hydrogens (primary N) is 1. The molecule has 1 unspecified atom stereocenters. The van der Waals surface area contributed by atoms with Crippen LogP contribution in [-0.4, -0.2) is 42.4 Å². The first-order valence-electron chi connectivity index (χ1n) is 5.98. The quantitative estimate of drug-likeness (QED) is 0.633. The Morgan fingerprint density at radius 2 is 2.00 bits per heavy atom. The molecule has 0 aliphatic carbocycles. The number of hydrogen-bond acceptors (Lipinski definition) is 4. The second kappa shape index (κ2) is 4.93. The molecule has 2 heterocycles. The maximum absolute atomic E-state index is 11.5. The van der Waals surface area contributed by atoms with E-state index >= 15 is 0 Å². The van der Waals surface area contributed by atoms with Crippen molar-refractivity contribution in [1.82, 2.24) is 10.2 Å². The number of piperidine rings is 1. The Hall–Kier alpha value is -0.940. The zero-order valence-electron chi connectivity index (χ0n) is 9.45. The van der Waals surface area contributed by atoms with Crippen molar-refractivity contribution in [2.45, 2.75) is 31.7 Å². The average molecular weight is 225 g/mol. The molecule has 2 fully saturated rings. The summed E-state index contributed by atoms with van der Waals surface area (Å²) in [7, 11) is 0. The van der Waals surface area contributed by atoms with Gasteiger partial charge in [-0.05, 0) is 44.8 Å². The Morgan fingerprint density at radius 1 is 1.31 bits per heavy atom. The first-order chi connectivity index (χ1) is 7.70. The molecular formula is C11H19N3O2. The van der Waals surface area contributed by atoms with Gasteiger partial charge in [0, 0.05) is 0 Å². The number of imide groups is 1. The van der Waals surface area contributed by atoms with Crippen molar-refractivity contribution < 1.29 is 9.59 Å². The van der Waals surface area contributed by atoms with Crippen LogP contribution in [0.15, 0.2) is 0 Å². The third-order valence-electron chi connectivity index (χ3n) is 3.61. The lowest BCUT2D eigenvalue weighted by Crippen LogP contribution is -2.45. The predicted octanol–water partition coefficient (Wildman–Crippen LogP) is -0.538. The van der Waals surface area contributed by atoms with Gasteiger partial charge < -0.3 is 5.73 Å². The van der Waals surface area contributed by atoms with Crippen LogP contribution in [0.2, 0.25) is 0 Å². The fourth-order valence-corrected chi connectivity index (χ4v) is 2.62. The van der Waals surface area contributed by atoms with Gasteiger partial charge in [-0.25, -0.2) is 0 Å². The number of nitrogens with one attached hydrogen (secondary N) is 1. The highest BCUT2D eigenvalue weighted by Crippen LogP contribution is 2.23. The van der Waals surface area contributed by atoms with Crippen LogP contribution in [0.1, 0.15) is 25.7 Å². The summed E-state index contributed by atoms with van der Waals surface area (Å²) >= 11 is 0. The molecule has 5 nitrogen and oxygen atoms in total. The standard InChI is InChI=1S/C11H19N3O2/c12-4-1-8-2-5-14(6-3-8)9-7-10(15)13-11(9)16/h8-9H,1-7,12H2,(H,13,15,16). The van der Waals surface area contributed by atoms with Crippen LogP contribution < -0.4 is 11.1 Å². The van der Waals surface area contributed by atoms with E-state index in [2.05, 4.69) is 10.2 Å². The Balaban J connectivity index is 1.85. The second-order valence-electron chi connectivity index (χ2n) is 4.69. The average Bonchev–Trinajstić information content (AvgIpc) is 2.59. The number of likely N-dealkylation sites (tertiary alicyclic amines) is 1. The van der Waals surface area contributed by atoms with E-state index in [1.165, 1.54) is 0 Å². The largest absolute Gasteiger partial charge is 0.330 e. The van der Waals surface area contributed by atoms with Crippen LogP contribution in [0, 0.1) is 5.92 Å². The fraction of sp³-hybridized carbons (Fsp3) is 0.818. The molecule has 2 aliphatic rings. The Kier molecular flexibility index (Phi) is 3.56. The lowest BCUT2D eigenvalue weighted by molar-refractivity contribution is -0.126. The van der Waals surface area contributed by atoms with Gasteiger partial charge in [0.25, 0.3) is 0 Å². The summed E-state index contributed by atoms with van der Waals surface area (Å²) in [6.45, 7) is 2.57. The molecule has 2 saturated heterocycles. The molecular weight excluding hydrogens is 206 g/mol. The van der Waals surface area contributed by atoms with E-state index in [1.807, 2.05) is 0 Å². The van der Waals surface area contributed by atoms with E-state index in [0.717, 1.165) is 38.9 Å². The molecule has 90 valence electrons. The zero-order chi connectivity index (χ0) is 11.5. The number of nitrogens with zero attached hydrogens (tertiary/aromatic N) is 1. The first kappa shape index (κ1) is 11.5. The minimum absolute atomic E-state index is 0.123. The topological polar surface area (TPSA) is 75.4 Å². The molecule has 0 bridgehead atoms. The molecule has 0 aromatic heterocycles. The van der Waals surface area contributed by atoms with Crippen molar-refractivity contribution in [1.29, 1.82) is 0 Å². The van der Waals surface area contributed by atoms with Gasteiger partial charge in [0.1, 0.15) is 0 Å². The third kappa shape index (κ3) is 2.41. The summed E-state index contributed by atoms with van der Waals surface area (Å²) < 4.78 is 0. The van der Waals surface area contributed by atoms with Gasteiger partial charge in [0.15, 0.2) is 0 Å². The van der Waals surface area contributed by atoms with Gasteiger partial charge in [0.05, 0.1) is 12.5 Å².